The molecule has 2 heterocycles. The van der Waals surface area contributed by atoms with Crippen molar-refractivity contribution in [2.24, 2.45) is 0 Å². The van der Waals surface area contributed by atoms with E-state index >= 15 is 0 Å². The Balaban J connectivity index is 1.47. The normalized spacial score (nSPS) is 14.0. The predicted octanol–water partition coefficient (Wildman–Crippen LogP) is 3.50. The molecule has 158 valence electrons. The molecule has 0 aliphatic carbocycles. The molecule has 2 N–H and O–H groups in total. The zero-order valence-corrected chi connectivity index (χ0v) is 17.3. The third-order valence-electron chi connectivity index (χ3n) is 5.68. The summed E-state index contributed by atoms with van der Waals surface area (Å²) in [6.45, 7) is 0. The predicted molar refractivity (Wildman–Crippen MR) is 119 cm³/mol. The highest BCUT2D eigenvalue weighted by molar-refractivity contribution is 6.21. The van der Waals surface area contributed by atoms with Crippen LogP contribution < -0.4 is 5.32 Å². The second-order valence-corrected chi connectivity index (χ2v) is 7.78. The molecular weight excluding hydrogens is 404 g/mol. The molecule has 0 bridgehead atoms. The van der Waals surface area contributed by atoms with Crippen LogP contribution in [-0.2, 0) is 6.42 Å². The Morgan fingerprint density at radius 2 is 1.69 bits per heavy atom. The van der Waals surface area contributed by atoms with Gasteiger partial charge in [0.1, 0.15) is 5.82 Å². The van der Waals surface area contributed by atoms with Crippen molar-refractivity contribution < 1.29 is 14.4 Å². The lowest BCUT2D eigenvalue weighted by molar-refractivity contribution is 0.0693. The number of aromatic amines is 1. The Bertz CT molecular complexity index is 1330. The molecule has 1 aliphatic rings. The molecular formula is C25H20N4O3. The highest BCUT2D eigenvalue weighted by Crippen LogP contribution is 2.24. The average molecular weight is 424 g/mol. The van der Waals surface area contributed by atoms with Gasteiger partial charge in [0.2, 0.25) is 0 Å². The van der Waals surface area contributed by atoms with E-state index in [0.29, 0.717) is 23.4 Å². The fraction of sp³-hybridized carbons (Fsp3) is 0.120. The van der Waals surface area contributed by atoms with Crippen molar-refractivity contribution in [1.29, 1.82) is 0 Å². The van der Waals surface area contributed by atoms with Crippen molar-refractivity contribution in [3.05, 3.63) is 101 Å². The average Bonchev–Trinajstić information content (AvgIpc) is 3.34. The Labute approximate surface area is 184 Å². The van der Waals surface area contributed by atoms with E-state index in [1.165, 1.54) is 19.2 Å². The molecule has 4 aromatic rings. The van der Waals surface area contributed by atoms with E-state index in [0.717, 1.165) is 21.5 Å². The minimum atomic E-state index is -0.412. The largest absolute Gasteiger partial charge is 0.342 e. The van der Waals surface area contributed by atoms with Crippen LogP contribution in [0.2, 0.25) is 0 Å². The van der Waals surface area contributed by atoms with Gasteiger partial charge in [0.25, 0.3) is 17.7 Å². The van der Waals surface area contributed by atoms with Crippen molar-refractivity contribution in [1.82, 2.24) is 20.2 Å². The monoisotopic (exact) mass is 424 g/mol. The maximum Gasteiger partial charge on any atom is 0.261 e. The number of carbonyl (C=O) groups is 3. The molecule has 5 rings (SSSR count). The molecule has 1 aromatic heterocycles. The standard InChI is InChI=1S/C25H20N4O3/c1-29-24(31)17-12-11-16(14-18(17)25(29)32)23(30)28-21(13-15-7-3-2-4-8-15)22-26-19-9-5-6-10-20(19)27-22/h2-12,14,21H,13H2,1H3,(H,26,27)(H,28,30). The van der Waals surface area contributed by atoms with Crippen LogP contribution in [0.15, 0.2) is 72.8 Å². The van der Waals surface area contributed by atoms with E-state index in [1.807, 2.05) is 54.6 Å². The number of H-pyrrole nitrogens is 1. The number of nitrogens with one attached hydrogen (secondary N) is 2. The maximum atomic E-state index is 13.1. The molecule has 1 aliphatic heterocycles. The summed E-state index contributed by atoms with van der Waals surface area (Å²) in [5.74, 6) is -0.460. The molecule has 3 amide bonds. The lowest BCUT2D eigenvalue weighted by Gasteiger charge is -2.17. The number of hydrogen-bond acceptors (Lipinski definition) is 4. The van der Waals surface area contributed by atoms with Gasteiger partial charge >= 0.3 is 0 Å². The number of amides is 3. The molecule has 1 atom stereocenters. The van der Waals surface area contributed by atoms with E-state index in [4.69, 9.17) is 0 Å². The van der Waals surface area contributed by atoms with Crippen molar-refractivity contribution in [2.75, 3.05) is 7.05 Å². The minimum Gasteiger partial charge on any atom is -0.342 e. The van der Waals surface area contributed by atoms with Crippen LogP contribution in [-0.4, -0.2) is 39.6 Å². The highest BCUT2D eigenvalue weighted by Gasteiger charge is 2.33. The smallest absolute Gasteiger partial charge is 0.261 e. The van der Waals surface area contributed by atoms with Gasteiger partial charge < -0.3 is 10.3 Å². The lowest BCUT2D eigenvalue weighted by atomic mass is 10.0. The summed E-state index contributed by atoms with van der Waals surface area (Å²) in [4.78, 5) is 46.6. The van der Waals surface area contributed by atoms with Gasteiger partial charge in [-0.15, -0.1) is 0 Å². The Hall–Kier alpha value is -4.26. The molecule has 1 unspecified atom stereocenters. The second-order valence-electron chi connectivity index (χ2n) is 7.78. The molecule has 3 aromatic carbocycles. The first-order valence-electron chi connectivity index (χ1n) is 10.3. The van der Waals surface area contributed by atoms with E-state index in [2.05, 4.69) is 15.3 Å². The van der Waals surface area contributed by atoms with Gasteiger partial charge in [0.15, 0.2) is 0 Å². The van der Waals surface area contributed by atoms with E-state index < -0.39 is 11.9 Å². The van der Waals surface area contributed by atoms with Gasteiger partial charge in [-0.2, -0.15) is 0 Å². The molecule has 0 fully saturated rings. The van der Waals surface area contributed by atoms with Gasteiger partial charge in [0.05, 0.1) is 28.2 Å². The summed E-state index contributed by atoms with van der Waals surface area (Å²) >= 11 is 0. The Morgan fingerprint density at radius 3 is 2.47 bits per heavy atom. The van der Waals surface area contributed by atoms with Gasteiger partial charge in [-0.3, -0.25) is 19.3 Å². The minimum absolute atomic E-state index is 0.244. The molecule has 0 saturated heterocycles. The second kappa shape index (κ2) is 7.77. The van der Waals surface area contributed by atoms with Crippen LogP contribution in [0.1, 0.15) is 48.5 Å². The van der Waals surface area contributed by atoms with Crippen molar-refractivity contribution in [2.45, 2.75) is 12.5 Å². The third-order valence-corrected chi connectivity index (χ3v) is 5.68. The van der Waals surface area contributed by atoms with Gasteiger partial charge in [-0.05, 0) is 42.3 Å². The first kappa shape index (κ1) is 19.7. The number of aromatic nitrogens is 2. The van der Waals surface area contributed by atoms with Crippen molar-refractivity contribution in [3.63, 3.8) is 0 Å². The number of imide groups is 1. The summed E-state index contributed by atoms with van der Waals surface area (Å²) in [5.41, 5.74) is 3.63. The lowest BCUT2D eigenvalue weighted by Crippen LogP contribution is -2.31. The van der Waals surface area contributed by atoms with Crippen LogP contribution in [0.4, 0.5) is 0 Å². The maximum absolute atomic E-state index is 13.1. The number of carbonyl (C=O) groups excluding carboxylic acids is 3. The van der Waals surface area contributed by atoms with Crippen molar-refractivity contribution >= 4 is 28.8 Å². The van der Waals surface area contributed by atoms with Gasteiger partial charge in [-0.1, -0.05) is 42.5 Å². The molecule has 0 saturated carbocycles. The van der Waals surface area contributed by atoms with E-state index in [9.17, 15) is 14.4 Å². The zero-order valence-electron chi connectivity index (χ0n) is 17.3. The number of para-hydroxylation sites is 2. The first-order chi connectivity index (χ1) is 15.5. The first-order valence-corrected chi connectivity index (χ1v) is 10.3. The summed E-state index contributed by atoms with van der Waals surface area (Å²) in [6.07, 6.45) is 0.539. The van der Waals surface area contributed by atoms with Gasteiger partial charge in [-0.25, -0.2) is 4.98 Å². The third kappa shape index (κ3) is 3.43. The van der Waals surface area contributed by atoms with Crippen LogP contribution in [0.3, 0.4) is 0 Å². The van der Waals surface area contributed by atoms with Crippen LogP contribution in [0.5, 0.6) is 0 Å². The number of imidazole rings is 1. The van der Waals surface area contributed by atoms with E-state index in [1.54, 1.807) is 6.07 Å². The molecule has 7 nitrogen and oxygen atoms in total. The van der Waals surface area contributed by atoms with Crippen LogP contribution >= 0.6 is 0 Å². The fourth-order valence-electron chi connectivity index (χ4n) is 3.95. The number of benzene rings is 3. The number of nitrogens with zero attached hydrogens (tertiary/aromatic N) is 2. The molecule has 7 heteroatoms. The van der Waals surface area contributed by atoms with Crippen LogP contribution in [0.25, 0.3) is 11.0 Å². The molecule has 32 heavy (non-hydrogen) atoms. The summed E-state index contributed by atoms with van der Waals surface area (Å²) in [6, 6.07) is 21.7. The van der Waals surface area contributed by atoms with Gasteiger partial charge in [0, 0.05) is 12.6 Å². The Kier molecular flexibility index (Phi) is 4.78. The topological polar surface area (TPSA) is 95.2 Å². The number of fused-ring (bicyclic) bond motifs is 2. The van der Waals surface area contributed by atoms with Crippen molar-refractivity contribution in [3.8, 4) is 0 Å². The molecule has 0 radical (unpaired) electrons. The summed E-state index contributed by atoms with van der Waals surface area (Å²) in [7, 11) is 1.43. The Morgan fingerprint density at radius 1 is 0.969 bits per heavy atom. The van der Waals surface area contributed by atoms with E-state index in [-0.39, 0.29) is 17.4 Å². The zero-order chi connectivity index (χ0) is 22.2. The SMILES string of the molecule is CN1C(=O)c2ccc(C(=O)NC(Cc3ccccc3)c3nc4ccccc4[nH]3)cc2C1=O. The number of hydrogen-bond donors (Lipinski definition) is 2. The summed E-state index contributed by atoms with van der Waals surface area (Å²) in [5, 5.41) is 3.04. The highest BCUT2D eigenvalue weighted by atomic mass is 16.2. The van der Waals surface area contributed by atoms with Crippen LogP contribution in [0, 0.1) is 0 Å². The summed E-state index contributed by atoms with van der Waals surface area (Å²) < 4.78 is 0. The fourth-order valence-corrected chi connectivity index (χ4v) is 3.95. The molecule has 0 spiro atoms. The quantitative estimate of drug-likeness (QED) is 0.480. The number of rotatable bonds is 5.